The van der Waals surface area contributed by atoms with Crippen LogP contribution in [-0.2, 0) is 5.75 Å². The minimum Gasteiger partial charge on any atom is -0.320 e. The second kappa shape index (κ2) is 8.55. The number of rotatable bonds is 5. The zero-order valence-corrected chi connectivity index (χ0v) is 17.0. The van der Waals surface area contributed by atoms with Gasteiger partial charge in [-0.25, -0.2) is 9.97 Å². The Bertz CT molecular complexity index is 971. The van der Waals surface area contributed by atoms with Gasteiger partial charge in [0.25, 0.3) is 5.91 Å². The molecule has 0 radical (unpaired) electrons. The fourth-order valence-electron chi connectivity index (χ4n) is 2.71. The number of aryl methyl sites for hydroxylation is 3. The van der Waals surface area contributed by atoms with E-state index in [1.165, 1.54) is 29.1 Å². The van der Waals surface area contributed by atoms with E-state index in [0.29, 0.717) is 5.16 Å². The monoisotopic (exact) mass is 397 g/mol. The quantitative estimate of drug-likeness (QED) is 0.449. The largest absolute Gasteiger partial charge is 0.320 e. The number of aromatic nitrogens is 2. The highest BCUT2D eigenvalue weighted by atomic mass is 35.5. The summed E-state index contributed by atoms with van der Waals surface area (Å²) in [4.78, 5) is 21.3. The van der Waals surface area contributed by atoms with Crippen LogP contribution in [0.1, 0.15) is 32.7 Å². The van der Waals surface area contributed by atoms with E-state index >= 15 is 0 Å². The number of nitrogens with one attached hydrogen (secondary N) is 1. The first-order chi connectivity index (χ1) is 12.9. The molecule has 0 bridgehead atoms. The number of hydrogen-bond acceptors (Lipinski definition) is 4. The molecule has 3 aromatic rings. The van der Waals surface area contributed by atoms with E-state index in [0.717, 1.165) is 22.6 Å². The van der Waals surface area contributed by atoms with E-state index in [1.807, 2.05) is 38.1 Å². The second-order valence-corrected chi connectivity index (χ2v) is 7.70. The number of thioether (sulfide) groups is 1. The minimum absolute atomic E-state index is 0.182. The van der Waals surface area contributed by atoms with Gasteiger partial charge < -0.3 is 5.32 Å². The summed E-state index contributed by atoms with van der Waals surface area (Å²) >= 11 is 7.65. The molecule has 0 spiro atoms. The summed E-state index contributed by atoms with van der Waals surface area (Å²) in [5, 5.41) is 3.68. The van der Waals surface area contributed by atoms with E-state index < -0.39 is 0 Å². The zero-order chi connectivity index (χ0) is 19.4. The highest BCUT2D eigenvalue weighted by molar-refractivity contribution is 7.98. The van der Waals surface area contributed by atoms with Crippen molar-refractivity contribution in [3.8, 4) is 0 Å². The highest BCUT2D eigenvalue weighted by Gasteiger charge is 2.16. The van der Waals surface area contributed by atoms with Crippen molar-refractivity contribution in [2.45, 2.75) is 31.7 Å². The van der Waals surface area contributed by atoms with Gasteiger partial charge in [0.15, 0.2) is 10.9 Å². The Kier molecular flexibility index (Phi) is 6.14. The summed E-state index contributed by atoms with van der Waals surface area (Å²) in [7, 11) is 0. The number of carbonyl (C=O) groups excluding carboxylic acids is 1. The van der Waals surface area contributed by atoms with Crippen molar-refractivity contribution >= 4 is 35.0 Å². The smallest absolute Gasteiger partial charge is 0.275 e. The van der Waals surface area contributed by atoms with Crippen molar-refractivity contribution < 1.29 is 4.79 Å². The van der Waals surface area contributed by atoms with E-state index in [9.17, 15) is 4.79 Å². The molecule has 1 heterocycles. The van der Waals surface area contributed by atoms with Gasteiger partial charge in [-0.2, -0.15) is 0 Å². The van der Waals surface area contributed by atoms with Crippen LogP contribution in [0.2, 0.25) is 5.02 Å². The maximum absolute atomic E-state index is 12.7. The Morgan fingerprint density at radius 2 is 1.81 bits per heavy atom. The van der Waals surface area contributed by atoms with Gasteiger partial charge in [0.1, 0.15) is 0 Å². The third kappa shape index (κ3) is 4.87. The van der Waals surface area contributed by atoms with Crippen LogP contribution in [-0.4, -0.2) is 15.9 Å². The molecule has 1 N–H and O–H groups in total. The lowest BCUT2D eigenvalue weighted by Gasteiger charge is -2.12. The summed E-state index contributed by atoms with van der Waals surface area (Å²) in [6.07, 6.45) is 1.48. The van der Waals surface area contributed by atoms with Crippen molar-refractivity contribution in [3.63, 3.8) is 0 Å². The SMILES string of the molecule is Cc1cccc(CSc2ncc(Cl)c(C(=O)Nc3c(C)cccc3C)n2)c1. The Hall–Kier alpha value is -2.37. The van der Waals surface area contributed by atoms with Crippen LogP contribution in [0.5, 0.6) is 0 Å². The Balaban J connectivity index is 1.77. The van der Waals surface area contributed by atoms with Crippen LogP contribution in [0.25, 0.3) is 0 Å². The van der Waals surface area contributed by atoms with Gasteiger partial charge in [-0.1, -0.05) is 71.4 Å². The summed E-state index contributed by atoms with van der Waals surface area (Å²) in [5.41, 5.74) is 5.33. The molecular weight excluding hydrogens is 378 g/mol. The first kappa shape index (κ1) is 19.4. The van der Waals surface area contributed by atoms with Gasteiger partial charge in [-0.3, -0.25) is 4.79 Å². The molecule has 27 heavy (non-hydrogen) atoms. The van der Waals surface area contributed by atoms with Gasteiger partial charge in [-0.05, 0) is 37.5 Å². The topological polar surface area (TPSA) is 54.9 Å². The Morgan fingerprint density at radius 1 is 1.11 bits per heavy atom. The molecule has 0 aliphatic heterocycles. The standard InChI is InChI=1S/C21H20ClN3OS/c1-13-6-4-9-16(10-13)12-27-21-23-11-17(22)19(25-21)20(26)24-18-14(2)7-5-8-15(18)3/h4-11H,12H2,1-3H3,(H,24,26). The molecule has 2 aromatic carbocycles. The molecule has 0 unspecified atom stereocenters. The van der Waals surface area contributed by atoms with E-state index in [1.54, 1.807) is 0 Å². The molecule has 1 amide bonds. The molecule has 138 valence electrons. The lowest BCUT2D eigenvalue weighted by Crippen LogP contribution is -2.16. The maximum Gasteiger partial charge on any atom is 0.275 e. The van der Waals surface area contributed by atoms with E-state index in [-0.39, 0.29) is 16.6 Å². The predicted octanol–water partition coefficient (Wildman–Crippen LogP) is 5.60. The van der Waals surface area contributed by atoms with Crippen molar-refractivity contribution in [2.75, 3.05) is 5.32 Å². The molecular formula is C21H20ClN3OS. The number of amides is 1. The normalized spacial score (nSPS) is 10.7. The molecule has 4 nitrogen and oxygen atoms in total. The highest BCUT2D eigenvalue weighted by Crippen LogP contribution is 2.24. The van der Waals surface area contributed by atoms with Crippen molar-refractivity contribution in [1.82, 2.24) is 9.97 Å². The van der Waals surface area contributed by atoms with Crippen LogP contribution in [0.15, 0.2) is 53.8 Å². The second-order valence-electron chi connectivity index (χ2n) is 6.35. The van der Waals surface area contributed by atoms with Crippen molar-refractivity contribution in [1.29, 1.82) is 0 Å². The number of benzene rings is 2. The number of hydrogen-bond donors (Lipinski definition) is 1. The average Bonchev–Trinajstić information content (AvgIpc) is 2.64. The third-order valence-corrected chi connectivity index (χ3v) is 5.32. The minimum atomic E-state index is -0.336. The first-order valence-corrected chi connectivity index (χ1v) is 9.89. The number of anilines is 1. The van der Waals surface area contributed by atoms with Gasteiger partial charge in [0.05, 0.1) is 11.2 Å². The van der Waals surface area contributed by atoms with Crippen LogP contribution in [0.4, 0.5) is 5.69 Å². The van der Waals surface area contributed by atoms with E-state index in [2.05, 4.69) is 40.4 Å². The fourth-order valence-corrected chi connectivity index (χ4v) is 3.65. The zero-order valence-electron chi connectivity index (χ0n) is 15.4. The number of carbonyl (C=O) groups is 1. The lowest BCUT2D eigenvalue weighted by molar-refractivity contribution is 0.102. The van der Waals surface area contributed by atoms with Gasteiger partial charge in [0, 0.05) is 11.4 Å². The number of nitrogens with zero attached hydrogens (tertiary/aromatic N) is 2. The van der Waals surface area contributed by atoms with Crippen LogP contribution >= 0.6 is 23.4 Å². The summed E-state index contributed by atoms with van der Waals surface area (Å²) in [5.74, 6) is 0.388. The summed E-state index contributed by atoms with van der Waals surface area (Å²) < 4.78 is 0. The Labute approximate surface area is 168 Å². The lowest BCUT2D eigenvalue weighted by atomic mass is 10.1. The molecule has 6 heteroatoms. The number of halogens is 1. The van der Waals surface area contributed by atoms with Gasteiger partial charge in [0.2, 0.25) is 0 Å². The summed E-state index contributed by atoms with van der Waals surface area (Å²) in [6.45, 7) is 5.96. The third-order valence-electron chi connectivity index (χ3n) is 4.11. The number of para-hydroxylation sites is 1. The molecule has 0 saturated carbocycles. The first-order valence-electron chi connectivity index (χ1n) is 8.52. The van der Waals surface area contributed by atoms with Crippen LogP contribution in [0, 0.1) is 20.8 Å². The van der Waals surface area contributed by atoms with Crippen LogP contribution in [0.3, 0.4) is 0 Å². The predicted molar refractivity (Wildman–Crippen MR) is 112 cm³/mol. The summed E-state index contributed by atoms with van der Waals surface area (Å²) in [6, 6.07) is 14.1. The van der Waals surface area contributed by atoms with E-state index in [4.69, 9.17) is 11.6 Å². The molecule has 1 aromatic heterocycles. The molecule has 0 aliphatic rings. The molecule has 0 fully saturated rings. The van der Waals surface area contributed by atoms with Crippen molar-refractivity contribution in [3.05, 3.63) is 81.6 Å². The average molecular weight is 398 g/mol. The molecule has 0 saturated heterocycles. The maximum atomic E-state index is 12.7. The Morgan fingerprint density at radius 3 is 2.52 bits per heavy atom. The molecule has 0 atom stereocenters. The fraction of sp³-hybridized carbons (Fsp3) is 0.190. The molecule has 3 rings (SSSR count). The van der Waals surface area contributed by atoms with Crippen LogP contribution < -0.4 is 5.32 Å². The van der Waals surface area contributed by atoms with Gasteiger partial charge in [-0.15, -0.1) is 0 Å². The molecule has 0 aliphatic carbocycles. The van der Waals surface area contributed by atoms with Crippen molar-refractivity contribution in [2.24, 2.45) is 0 Å². The van der Waals surface area contributed by atoms with Gasteiger partial charge >= 0.3 is 0 Å².